The molecule has 0 aromatic carbocycles. The first kappa shape index (κ1) is 17.2. The molecule has 0 aliphatic heterocycles. The van der Waals surface area contributed by atoms with Crippen LogP contribution in [0.5, 0.6) is 0 Å². The lowest BCUT2D eigenvalue weighted by Gasteiger charge is -2.15. The Labute approximate surface area is 124 Å². The third-order valence-electron chi connectivity index (χ3n) is 3.99. The molecule has 20 heavy (non-hydrogen) atoms. The first-order chi connectivity index (χ1) is 9.81. The number of likely N-dealkylation sites (N-methyl/N-ethyl adjacent to an activating group) is 1. The summed E-state index contributed by atoms with van der Waals surface area (Å²) < 4.78 is 2.00. The first-order valence-corrected chi connectivity index (χ1v) is 8.35. The van der Waals surface area contributed by atoms with E-state index in [1.807, 2.05) is 4.68 Å². The Balaban J connectivity index is 2.16. The van der Waals surface area contributed by atoms with Gasteiger partial charge < -0.3 is 5.32 Å². The highest BCUT2D eigenvalue weighted by molar-refractivity contribution is 4.89. The molecule has 1 unspecified atom stereocenters. The molecule has 0 amide bonds. The third-order valence-corrected chi connectivity index (χ3v) is 3.99. The lowest BCUT2D eigenvalue weighted by atomic mass is 10.0. The van der Waals surface area contributed by atoms with Gasteiger partial charge in [0.05, 0.1) is 0 Å². The number of unbranched alkanes of at least 4 members (excludes halogenated alkanes) is 6. The SMILES string of the molecule is CCCCCCCCCC(Cc1ncnn1CC)NC. The van der Waals surface area contributed by atoms with Gasteiger partial charge in [-0.3, -0.25) is 4.68 Å². The number of hydrogen-bond acceptors (Lipinski definition) is 3. The molecular formula is C16H32N4. The fraction of sp³-hybridized carbons (Fsp3) is 0.875. The smallest absolute Gasteiger partial charge is 0.138 e. The molecule has 116 valence electrons. The second-order valence-corrected chi connectivity index (χ2v) is 5.59. The lowest BCUT2D eigenvalue weighted by molar-refractivity contribution is 0.459. The molecule has 0 fully saturated rings. The Morgan fingerprint density at radius 3 is 2.45 bits per heavy atom. The fourth-order valence-electron chi connectivity index (χ4n) is 2.63. The second-order valence-electron chi connectivity index (χ2n) is 5.59. The number of rotatable bonds is 12. The summed E-state index contributed by atoms with van der Waals surface area (Å²) in [6.07, 6.45) is 13.5. The molecular weight excluding hydrogens is 248 g/mol. The molecule has 0 saturated carbocycles. The molecule has 0 radical (unpaired) electrons. The van der Waals surface area contributed by atoms with Crippen molar-refractivity contribution < 1.29 is 0 Å². The summed E-state index contributed by atoms with van der Waals surface area (Å²) in [5.41, 5.74) is 0. The fourth-order valence-corrected chi connectivity index (χ4v) is 2.63. The van der Waals surface area contributed by atoms with Gasteiger partial charge in [0.25, 0.3) is 0 Å². The van der Waals surface area contributed by atoms with Gasteiger partial charge in [-0.15, -0.1) is 0 Å². The van der Waals surface area contributed by atoms with Gasteiger partial charge in [-0.25, -0.2) is 4.98 Å². The molecule has 1 rings (SSSR count). The molecule has 0 aliphatic carbocycles. The predicted octanol–water partition coefficient (Wildman–Crippen LogP) is 3.57. The molecule has 1 aromatic rings. The van der Waals surface area contributed by atoms with Gasteiger partial charge in [-0.1, -0.05) is 51.9 Å². The highest BCUT2D eigenvalue weighted by atomic mass is 15.3. The van der Waals surface area contributed by atoms with Crippen molar-refractivity contribution in [2.75, 3.05) is 7.05 Å². The van der Waals surface area contributed by atoms with Crippen molar-refractivity contribution in [3.05, 3.63) is 12.2 Å². The van der Waals surface area contributed by atoms with Crippen LogP contribution in [0.4, 0.5) is 0 Å². The van der Waals surface area contributed by atoms with Crippen molar-refractivity contribution in [3.8, 4) is 0 Å². The van der Waals surface area contributed by atoms with Crippen LogP contribution < -0.4 is 5.32 Å². The number of aromatic nitrogens is 3. The van der Waals surface area contributed by atoms with Gasteiger partial charge in [0.1, 0.15) is 12.2 Å². The van der Waals surface area contributed by atoms with Crippen LogP contribution in [-0.2, 0) is 13.0 Å². The van der Waals surface area contributed by atoms with E-state index < -0.39 is 0 Å². The van der Waals surface area contributed by atoms with E-state index in [-0.39, 0.29) is 0 Å². The van der Waals surface area contributed by atoms with Crippen LogP contribution in [0.2, 0.25) is 0 Å². The molecule has 4 heteroatoms. The number of nitrogens with one attached hydrogen (secondary N) is 1. The van der Waals surface area contributed by atoms with Crippen molar-refractivity contribution in [1.82, 2.24) is 20.1 Å². The lowest BCUT2D eigenvalue weighted by Crippen LogP contribution is -2.29. The summed E-state index contributed by atoms with van der Waals surface area (Å²) in [7, 11) is 2.05. The minimum atomic E-state index is 0.528. The Hall–Kier alpha value is -0.900. The van der Waals surface area contributed by atoms with Crippen LogP contribution in [-0.4, -0.2) is 27.9 Å². The highest BCUT2D eigenvalue weighted by Gasteiger charge is 2.11. The maximum atomic E-state index is 4.36. The normalized spacial score (nSPS) is 12.8. The van der Waals surface area contributed by atoms with Crippen LogP contribution >= 0.6 is 0 Å². The standard InChI is InChI=1S/C16H32N4/c1-4-6-7-8-9-10-11-12-15(17-3)13-16-18-14-19-20(16)5-2/h14-15,17H,4-13H2,1-3H3. The summed E-state index contributed by atoms with van der Waals surface area (Å²) in [6.45, 7) is 5.29. The van der Waals surface area contributed by atoms with E-state index in [1.54, 1.807) is 6.33 Å². The Morgan fingerprint density at radius 1 is 1.10 bits per heavy atom. The van der Waals surface area contributed by atoms with Gasteiger partial charge in [0.15, 0.2) is 0 Å². The maximum Gasteiger partial charge on any atom is 0.138 e. The number of aryl methyl sites for hydroxylation is 1. The maximum absolute atomic E-state index is 4.36. The average molecular weight is 280 g/mol. The van der Waals surface area contributed by atoms with E-state index in [2.05, 4.69) is 36.3 Å². The zero-order valence-electron chi connectivity index (χ0n) is 13.6. The van der Waals surface area contributed by atoms with Gasteiger partial charge >= 0.3 is 0 Å². The Kier molecular flexibility index (Phi) is 9.29. The third kappa shape index (κ3) is 6.51. The van der Waals surface area contributed by atoms with E-state index >= 15 is 0 Å². The van der Waals surface area contributed by atoms with Crippen LogP contribution in [0.3, 0.4) is 0 Å². The van der Waals surface area contributed by atoms with E-state index in [4.69, 9.17) is 0 Å². The molecule has 4 nitrogen and oxygen atoms in total. The summed E-state index contributed by atoms with van der Waals surface area (Å²) in [5, 5.41) is 7.66. The summed E-state index contributed by atoms with van der Waals surface area (Å²) >= 11 is 0. The largest absolute Gasteiger partial charge is 0.317 e. The Bertz CT molecular complexity index is 335. The molecule has 1 N–H and O–H groups in total. The Morgan fingerprint density at radius 2 is 1.80 bits per heavy atom. The number of nitrogens with zero attached hydrogens (tertiary/aromatic N) is 3. The van der Waals surface area contributed by atoms with Crippen LogP contribution in [0, 0.1) is 0 Å². The van der Waals surface area contributed by atoms with Gasteiger partial charge in [-0.05, 0) is 20.4 Å². The molecule has 1 aromatic heterocycles. The van der Waals surface area contributed by atoms with E-state index in [0.29, 0.717) is 6.04 Å². The van der Waals surface area contributed by atoms with Gasteiger partial charge in [-0.2, -0.15) is 5.10 Å². The number of hydrogen-bond donors (Lipinski definition) is 1. The quantitative estimate of drug-likeness (QED) is 0.595. The monoisotopic (exact) mass is 280 g/mol. The minimum Gasteiger partial charge on any atom is -0.317 e. The zero-order chi connectivity index (χ0) is 14.6. The minimum absolute atomic E-state index is 0.528. The van der Waals surface area contributed by atoms with Gasteiger partial charge in [0.2, 0.25) is 0 Å². The average Bonchev–Trinajstić information content (AvgIpc) is 2.92. The second kappa shape index (κ2) is 10.8. The first-order valence-electron chi connectivity index (χ1n) is 8.35. The molecule has 0 spiro atoms. The topological polar surface area (TPSA) is 42.7 Å². The predicted molar refractivity (Wildman–Crippen MR) is 84.9 cm³/mol. The molecule has 0 saturated heterocycles. The van der Waals surface area contributed by atoms with Crippen molar-refractivity contribution >= 4 is 0 Å². The van der Waals surface area contributed by atoms with Gasteiger partial charge in [0, 0.05) is 19.0 Å². The van der Waals surface area contributed by atoms with Crippen molar-refractivity contribution in [2.45, 2.75) is 84.2 Å². The van der Waals surface area contributed by atoms with E-state index in [1.165, 1.54) is 51.4 Å². The summed E-state index contributed by atoms with van der Waals surface area (Å²) in [4.78, 5) is 4.36. The van der Waals surface area contributed by atoms with E-state index in [9.17, 15) is 0 Å². The zero-order valence-corrected chi connectivity index (χ0v) is 13.6. The molecule has 0 aliphatic rings. The highest BCUT2D eigenvalue weighted by Crippen LogP contribution is 2.11. The van der Waals surface area contributed by atoms with Crippen LogP contribution in [0.1, 0.15) is 71.0 Å². The van der Waals surface area contributed by atoms with Crippen molar-refractivity contribution in [1.29, 1.82) is 0 Å². The van der Waals surface area contributed by atoms with Crippen LogP contribution in [0.15, 0.2) is 6.33 Å². The van der Waals surface area contributed by atoms with Crippen LogP contribution in [0.25, 0.3) is 0 Å². The molecule has 1 heterocycles. The summed E-state index contributed by atoms with van der Waals surface area (Å²) in [6, 6.07) is 0.528. The van der Waals surface area contributed by atoms with Crippen molar-refractivity contribution in [2.24, 2.45) is 0 Å². The molecule has 0 bridgehead atoms. The van der Waals surface area contributed by atoms with E-state index in [0.717, 1.165) is 18.8 Å². The van der Waals surface area contributed by atoms with Crippen molar-refractivity contribution in [3.63, 3.8) is 0 Å². The molecule has 1 atom stereocenters. The summed E-state index contributed by atoms with van der Waals surface area (Å²) in [5.74, 6) is 1.11.